The Bertz CT molecular complexity index is 303. The van der Waals surface area contributed by atoms with Gasteiger partial charge in [0.15, 0.2) is 0 Å². The third kappa shape index (κ3) is 9.68. The van der Waals surface area contributed by atoms with Gasteiger partial charge in [0.05, 0.1) is 5.75 Å². The normalized spacial score (nSPS) is 12.7. The number of carboxylic acids is 1. The van der Waals surface area contributed by atoms with Crippen LogP contribution in [-0.2, 0) is 14.8 Å². The van der Waals surface area contributed by atoms with E-state index in [0.29, 0.717) is 6.42 Å². The smallest absolute Gasteiger partial charge is 0.318 e. The second-order valence-electron chi connectivity index (χ2n) is 4.70. The van der Waals surface area contributed by atoms with Crippen LogP contribution < -0.4 is 4.72 Å². The predicted octanol–water partition coefficient (Wildman–Crippen LogP) is 0.817. The molecule has 0 unspecified atom stereocenters. The first-order valence-electron chi connectivity index (χ1n) is 4.81. The molecule has 0 spiro atoms. The van der Waals surface area contributed by atoms with E-state index in [1.165, 1.54) is 0 Å². The van der Waals surface area contributed by atoms with Gasteiger partial charge in [-0.1, -0.05) is 20.8 Å². The third-order valence-electron chi connectivity index (χ3n) is 1.78. The average molecular weight is 237 g/mol. The molecule has 0 aliphatic heterocycles. The van der Waals surface area contributed by atoms with Crippen molar-refractivity contribution < 1.29 is 18.3 Å². The van der Waals surface area contributed by atoms with Crippen LogP contribution in [-0.4, -0.2) is 31.8 Å². The van der Waals surface area contributed by atoms with Gasteiger partial charge in [0.25, 0.3) is 0 Å². The molecule has 0 aromatic heterocycles. The minimum absolute atomic E-state index is 0.0163. The molecular weight excluding hydrogens is 218 g/mol. The standard InChI is InChI=1S/C9H19NO4S/c1-9(2,3)5-4-6-15(13,14)10-7-8(11)12/h10H,4-7H2,1-3H3,(H,11,12). The summed E-state index contributed by atoms with van der Waals surface area (Å²) in [5.41, 5.74) is 0.0995. The molecule has 0 bridgehead atoms. The highest BCUT2D eigenvalue weighted by atomic mass is 32.2. The van der Waals surface area contributed by atoms with Crippen LogP contribution in [0.2, 0.25) is 0 Å². The Kier molecular flexibility index (Phi) is 5.23. The summed E-state index contributed by atoms with van der Waals surface area (Å²) in [6.07, 6.45) is 1.33. The van der Waals surface area contributed by atoms with Gasteiger partial charge in [0.1, 0.15) is 6.54 Å². The van der Waals surface area contributed by atoms with Gasteiger partial charge in [-0.3, -0.25) is 4.79 Å². The van der Waals surface area contributed by atoms with Crippen molar-refractivity contribution in [2.75, 3.05) is 12.3 Å². The molecule has 5 nitrogen and oxygen atoms in total. The van der Waals surface area contributed by atoms with Crippen molar-refractivity contribution in [3.05, 3.63) is 0 Å². The Labute approximate surface area is 90.9 Å². The summed E-state index contributed by atoms with van der Waals surface area (Å²) in [7, 11) is -3.43. The number of rotatable bonds is 6. The molecule has 15 heavy (non-hydrogen) atoms. The zero-order valence-corrected chi connectivity index (χ0v) is 10.2. The highest BCUT2D eigenvalue weighted by Gasteiger charge is 2.15. The maximum atomic E-state index is 11.2. The van der Waals surface area contributed by atoms with Crippen molar-refractivity contribution in [1.82, 2.24) is 4.72 Å². The van der Waals surface area contributed by atoms with Gasteiger partial charge in [-0.2, -0.15) is 0 Å². The van der Waals surface area contributed by atoms with Crippen LogP contribution in [0.3, 0.4) is 0 Å². The summed E-state index contributed by atoms with van der Waals surface area (Å²) in [5.74, 6) is -1.19. The molecule has 0 saturated carbocycles. The summed E-state index contributed by atoms with van der Waals surface area (Å²) < 4.78 is 24.5. The first kappa shape index (κ1) is 14.4. The van der Waals surface area contributed by atoms with Crippen molar-refractivity contribution >= 4 is 16.0 Å². The number of sulfonamides is 1. The molecule has 0 radical (unpaired) electrons. The Morgan fingerprint density at radius 3 is 2.27 bits per heavy atom. The van der Waals surface area contributed by atoms with Gasteiger partial charge < -0.3 is 5.11 Å². The summed E-state index contributed by atoms with van der Waals surface area (Å²) in [6.45, 7) is 5.55. The molecule has 0 fully saturated rings. The summed E-state index contributed by atoms with van der Waals surface area (Å²) in [5, 5.41) is 8.30. The minimum Gasteiger partial charge on any atom is -0.480 e. The first-order valence-corrected chi connectivity index (χ1v) is 6.47. The van der Waals surface area contributed by atoms with Gasteiger partial charge in [0, 0.05) is 0 Å². The minimum atomic E-state index is -3.43. The Morgan fingerprint density at radius 1 is 1.33 bits per heavy atom. The van der Waals surface area contributed by atoms with E-state index in [0.717, 1.165) is 6.42 Å². The van der Waals surface area contributed by atoms with Crippen LogP contribution in [0.4, 0.5) is 0 Å². The highest BCUT2D eigenvalue weighted by molar-refractivity contribution is 7.89. The molecule has 90 valence electrons. The quantitative estimate of drug-likeness (QED) is 0.716. The van der Waals surface area contributed by atoms with Gasteiger partial charge in [-0.25, -0.2) is 13.1 Å². The fourth-order valence-corrected chi connectivity index (χ4v) is 2.05. The number of hydrogen-bond donors (Lipinski definition) is 2. The molecule has 0 saturated heterocycles. The third-order valence-corrected chi connectivity index (χ3v) is 3.19. The molecule has 0 heterocycles. The molecule has 0 aromatic rings. The van der Waals surface area contributed by atoms with Crippen LogP contribution in [0, 0.1) is 5.41 Å². The van der Waals surface area contributed by atoms with E-state index in [9.17, 15) is 13.2 Å². The number of carboxylic acid groups (broad SMARTS) is 1. The molecule has 0 atom stereocenters. The lowest BCUT2D eigenvalue weighted by Gasteiger charge is -2.17. The van der Waals surface area contributed by atoms with Crippen molar-refractivity contribution in [2.24, 2.45) is 5.41 Å². The average Bonchev–Trinajstić information content (AvgIpc) is 1.98. The number of nitrogens with one attached hydrogen (secondary N) is 1. The molecule has 6 heteroatoms. The Morgan fingerprint density at radius 2 is 1.87 bits per heavy atom. The monoisotopic (exact) mass is 237 g/mol. The topological polar surface area (TPSA) is 83.5 Å². The molecule has 0 aliphatic rings. The summed E-state index contributed by atoms with van der Waals surface area (Å²) in [4.78, 5) is 10.2. The largest absolute Gasteiger partial charge is 0.480 e. The molecule has 0 rings (SSSR count). The zero-order valence-electron chi connectivity index (χ0n) is 9.41. The van der Waals surface area contributed by atoms with E-state index in [1.54, 1.807) is 0 Å². The van der Waals surface area contributed by atoms with Crippen molar-refractivity contribution in [1.29, 1.82) is 0 Å². The van der Waals surface area contributed by atoms with Crippen molar-refractivity contribution in [3.8, 4) is 0 Å². The lowest BCUT2D eigenvalue weighted by molar-refractivity contribution is -0.135. The van der Waals surface area contributed by atoms with E-state index in [4.69, 9.17) is 5.11 Å². The van der Waals surface area contributed by atoms with Crippen LogP contribution in [0.1, 0.15) is 33.6 Å². The van der Waals surface area contributed by atoms with E-state index in [2.05, 4.69) is 0 Å². The van der Waals surface area contributed by atoms with Crippen molar-refractivity contribution in [2.45, 2.75) is 33.6 Å². The molecule has 0 amide bonds. The highest BCUT2D eigenvalue weighted by Crippen LogP contribution is 2.20. The number of carbonyl (C=O) groups is 1. The van der Waals surface area contributed by atoms with Crippen LogP contribution in [0.15, 0.2) is 0 Å². The van der Waals surface area contributed by atoms with E-state index < -0.39 is 22.5 Å². The predicted molar refractivity (Wildman–Crippen MR) is 58.1 cm³/mol. The van der Waals surface area contributed by atoms with E-state index in [1.807, 2.05) is 25.5 Å². The fraction of sp³-hybridized carbons (Fsp3) is 0.889. The summed E-state index contributed by atoms with van der Waals surface area (Å²) in [6, 6.07) is 0. The first-order chi connectivity index (χ1) is 6.62. The van der Waals surface area contributed by atoms with Crippen LogP contribution in [0.25, 0.3) is 0 Å². The second kappa shape index (κ2) is 5.46. The Balaban J connectivity index is 3.90. The molecule has 0 aromatic carbocycles. The van der Waals surface area contributed by atoms with E-state index >= 15 is 0 Å². The van der Waals surface area contributed by atoms with Gasteiger partial charge in [-0.15, -0.1) is 0 Å². The fourth-order valence-electron chi connectivity index (χ4n) is 1.04. The van der Waals surface area contributed by atoms with Gasteiger partial charge in [-0.05, 0) is 18.3 Å². The lowest BCUT2D eigenvalue weighted by Crippen LogP contribution is -2.31. The number of aliphatic carboxylic acids is 1. The lowest BCUT2D eigenvalue weighted by atomic mass is 9.91. The van der Waals surface area contributed by atoms with Gasteiger partial charge in [0.2, 0.25) is 10.0 Å². The zero-order chi connectivity index (χ0) is 12.1. The van der Waals surface area contributed by atoms with Gasteiger partial charge >= 0.3 is 5.97 Å². The van der Waals surface area contributed by atoms with Crippen LogP contribution in [0.5, 0.6) is 0 Å². The maximum absolute atomic E-state index is 11.2. The number of hydrogen-bond acceptors (Lipinski definition) is 3. The van der Waals surface area contributed by atoms with Crippen LogP contribution >= 0.6 is 0 Å². The SMILES string of the molecule is CC(C)(C)CCCS(=O)(=O)NCC(=O)O. The maximum Gasteiger partial charge on any atom is 0.318 e. The second-order valence-corrected chi connectivity index (χ2v) is 6.62. The Hall–Kier alpha value is -0.620. The molecule has 0 aliphatic carbocycles. The van der Waals surface area contributed by atoms with E-state index in [-0.39, 0.29) is 11.2 Å². The van der Waals surface area contributed by atoms with Crippen molar-refractivity contribution in [3.63, 3.8) is 0 Å². The molecule has 2 N–H and O–H groups in total. The summed E-state index contributed by atoms with van der Waals surface area (Å²) >= 11 is 0. The molecular formula is C9H19NO4S.